The fraction of sp³-hybridized carbons (Fsp3) is 0.553. The lowest BCUT2D eigenvalue weighted by atomic mass is 9.80. The minimum absolute atomic E-state index is 0.0819. The van der Waals surface area contributed by atoms with Crippen LogP contribution < -0.4 is 9.64 Å². The lowest BCUT2D eigenvalue weighted by Gasteiger charge is -2.29. The number of rotatable bonds is 7. The van der Waals surface area contributed by atoms with Crippen LogP contribution in [0.5, 0.6) is 5.75 Å². The Labute approximate surface area is 269 Å². The number of carbonyl (C=O) groups is 1. The second-order valence-electron chi connectivity index (χ2n) is 12.4. The Balaban J connectivity index is 0.000000220. The molecule has 0 unspecified atom stereocenters. The SMILES string of the molecule is CC.CN(C(=O)C1CCC(CC#N)CC1)c1cccc(-c2cnc(C3CC3)s2)c1.COc1ccc(C2CCCCC2)cc1C. The van der Waals surface area contributed by atoms with Crippen molar-refractivity contribution >= 4 is 22.9 Å². The third kappa shape index (κ3) is 8.94. The van der Waals surface area contributed by atoms with Gasteiger partial charge in [0, 0.05) is 37.2 Å². The summed E-state index contributed by atoms with van der Waals surface area (Å²) in [6.07, 6.45) is 15.8. The smallest absolute Gasteiger partial charge is 0.229 e. The van der Waals surface area contributed by atoms with Crippen LogP contribution in [0.1, 0.15) is 119 Å². The molecule has 3 fully saturated rings. The first-order valence-corrected chi connectivity index (χ1v) is 17.6. The maximum atomic E-state index is 13.0. The quantitative estimate of drug-likeness (QED) is 0.266. The van der Waals surface area contributed by atoms with Crippen molar-refractivity contribution in [3.8, 4) is 22.3 Å². The molecule has 0 N–H and O–H groups in total. The highest BCUT2D eigenvalue weighted by Crippen LogP contribution is 2.44. The van der Waals surface area contributed by atoms with E-state index < -0.39 is 0 Å². The Hall–Kier alpha value is -3.17. The molecule has 6 rings (SSSR count). The Morgan fingerprint density at radius 2 is 1.70 bits per heavy atom. The molecule has 6 heteroatoms. The maximum absolute atomic E-state index is 13.0. The van der Waals surface area contributed by atoms with Gasteiger partial charge >= 0.3 is 0 Å². The summed E-state index contributed by atoms with van der Waals surface area (Å²) >= 11 is 1.78. The minimum atomic E-state index is 0.0819. The van der Waals surface area contributed by atoms with Gasteiger partial charge in [0.2, 0.25) is 5.91 Å². The summed E-state index contributed by atoms with van der Waals surface area (Å²) in [6, 6.07) is 17.1. The Bertz CT molecular complexity index is 1370. The summed E-state index contributed by atoms with van der Waals surface area (Å²) in [7, 11) is 3.62. The van der Waals surface area contributed by atoms with Crippen molar-refractivity contribution in [2.75, 3.05) is 19.1 Å². The lowest BCUT2D eigenvalue weighted by Crippen LogP contribution is -2.35. The van der Waals surface area contributed by atoms with Gasteiger partial charge in [0.25, 0.3) is 0 Å². The number of thiazole rings is 1. The molecule has 3 aliphatic carbocycles. The molecule has 0 aliphatic heterocycles. The van der Waals surface area contributed by atoms with Gasteiger partial charge in [-0.1, -0.05) is 57.4 Å². The summed E-state index contributed by atoms with van der Waals surface area (Å²) in [5, 5.41) is 10.1. The van der Waals surface area contributed by atoms with E-state index in [1.54, 1.807) is 18.4 Å². The van der Waals surface area contributed by atoms with Gasteiger partial charge in [-0.25, -0.2) is 4.98 Å². The zero-order valence-electron chi connectivity index (χ0n) is 27.5. The molecule has 0 atom stereocenters. The molecule has 44 heavy (non-hydrogen) atoms. The highest BCUT2D eigenvalue weighted by Gasteiger charge is 2.29. The molecule has 3 saturated carbocycles. The predicted molar refractivity (Wildman–Crippen MR) is 184 cm³/mol. The highest BCUT2D eigenvalue weighted by molar-refractivity contribution is 7.15. The van der Waals surface area contributed by atoms with Crippen molar-refractivity contribution in [1.82, 2.24) is 4.98 Å². The molecule has 2 aromatic carbocycles. The van der Waals surface area contributed by atoms with Crippen LogP contribution in [-0.2, 0) is 4.79 Å². The highest BCUT2D eigenvalue weighted by atomic mass is 32.1. The number of aryl methyl sites for hydroxylation is 1. The number of anilines is 1. The standard InChI is InChI=1S/C22H25N3OS.C14H20O.C2H6/c1-25(22(26)17-7-5-15(6-8-17)11-12-23)19-4-2-3-18(13-19)20-14-24-21(27-20)16-9-10-16;1-11-10-13(8-9-14(11)15-2)12-6-4-3-5-7-12;1-2/h2-4,13-17H,5-11H2,1H3;8-10,12H,3-7H2,1-2H3;1-2H3. The number of nitriles is 1. The molecule has 0 radical (unpaired) electrons. The first-order chi connectivity index (χ1) is 21.5. The number of amides is 1. The molecule has 1 amide bonds. The maximum Gasteiger partial charge on any atom is 0.229 e. The molecule has 3 aliphatic rings. The molecule has 1 aromatic heterocycles. The van der Waals surface area contributed by atoms with E-state index in [1.165, 1.54) is 66.0 Å². The second kappa shape index (κ2) is 16.8. The van der Waals surface area contributed by atoms with E-state index in [-0.39, 0.29) is 11.8 Å². The van der Waals surface area contributed by atoms with Gasteiger partial charge in [0.1, 0.15) is 5.75 Å². The summed E-state index contributed by atoms with van der Waals surface area (Å²) < 4.78 is 5.29. The Kier molecular flexibility index (Phi) is 12.9. The van der Waals surface area contributed by atoms with Crippen LogP contribution in [-0.4, -0.2) is 25.0 Å². The van der Waals surface area contributed by atoms with Gasteiger partial charge in [-0.2, -0.15) is 5.26 Å². The van der Waals surface area contributed by atoms with Crippen molar-refractivity contribution in [3.05, 3.63) is 64.8 Å². The molecular formula is C38H51N3O2S. The van der Waals surface area contributed by atoms with Gasteiger partial charge in [0.15, 0.2) is 0 Å². The topological polar surface area (TPSA) is 66.2 Å². The number of nitrogens with zero attached hydrogens (tertiary/aromatic N) is 3. The molecule has 236 valence electrons. The van der Waals surface area contributed by atoms with E-state index in [0.29, 0.717) is 18.3 Å². The van der Waals surface area contributed by atoms with Gasteiger partial charge in [0.05, 0.1) is 23.1 Å². The van der Waals surface area contributed by atoms with Crippen LogP contribution in [0.2, 0.25) is 0 Å². The van der Waals surface area contributed by atoms with Crippen LogP contribution in [0.4, 0.5) is 5.69 Å². The zero-order chi connectivity index (χ0) is 31.5. The first-order valence-electron chi connectivity index (χ1n) is 16.8. The lowest BCUT2D eigenvalue weighted by molar-refractivity contribution is -0.123. The van der Waals surface area contributed by atoms with E-state index in [2.05, 4.69) is 48.3 Å². The van der Waals surface area contributed by atoms with Crippen LogP contribution in [0.25, 0.3) is 10.4 Å². The number of hydrogen-bond acceptors (Lipinski definition) is 5. The van der Waals surface area contributed by atoms with Crippen molar-refractivity contribution in [3.63, 3.8) is 0 Å². The third-order valence-corrected chi connectivity index (χ3v) is 10.6. The number of hydrogen-bond donors (Lipinski definition) is 0. The van der Waals surface area contributed by atoms with Crippen LogP contribution in [0, 0.1) is 30.1 Å². The van der Waals surface area contributed by atoms with E-state index in [0.717, 1.165) is 48.6 Å². The number of benzene rings is 2. The van der Waals surface area contributed by atoms with E-state index in [4.69, 9.17) is 10.00 Å². The number of methoxy groups -OCH3 is 1. The van der Waals surface area contributed by atoms with E-state index in [9.17, 15) is 4.79 Å². The number of carbonyl (C=O) groups excluding carboxylic acids is 1. The normalized spacial score (nSPS) is 19.8. The molecule has 1 heterocycles. The van der Waals surface area contributed by atoms with Crippen molar-refractivity contribution in [2.24, 2.45) is 11.8 Å². The summed E-state index contributed by atoms with van der Waals surface area (Å²) in [5.41, 5.74) is 4.85. The Morgan fingerprint density at radius 1 is 0.977 bits per heavy atom. The number of aromatic nitrogens is 1. The largest absolute Gasteiger partial charge is 0.496 e. The van der Waals surface area contributed by atoms with Gasteiger partial charge in [-0.15, -0.1) is 11.3 Å². The Morgan fingerprint density at radius 3 is 2.34 bits per heavy atom. The average Bonchev–Trinajstić information content (AvgIpc) is 3.82. The fourth-order valence-corrected chi connectivity index (χ4v) is 7.63. The van der Waals surface area contributed by atoms with Crippen LogP contribution in [0.3, 0.4) is 0 Å². The van der Waals surface area contributed by atoms with Crippen LogP contribution >= 0.6 is 11.3 Å². The molecule has 0 bridgehead atoms. The molecule has 0 saturated heterocycles. The van der Waals surface area contributed by atoms with E-state index >= 15 is 0 Å². The summed E-state index contributed by atoms with van der Waals surface area (Å²) in [5.74, 6) is 3.23. The van der Waals surface area contributed by atoms with Crippen molar-refractivity contribution < 1.29 is 9.53 Å². The second-order valence-corrected chi connectivity index (χ2v) is 13.5. The van der Waals surface area contributed by atoms with Crippen molar-refractivity contribution in [1.29, 1.82) is 5.26 Å². The fourth-order valence-electron chi connectivity index (χ4n) is 6.54. The van der Waals surface area contributed by atoms with Gasteiger partial charge in [-0.3, -0.25) is 4.79 Å². The predicted octanol–water partition coefficient (Wildman–Crippen LogP) is 10.4. The average molecular weight is 614 g/mol. The van der Waals surface area contributed by atoms with Crippen LogP contribution in [0.15, 0.2) is 48.7 Å². The molecule has 0 spiro atoms. The summed E-state index contributed by atoms with van der Waals surface area (Å²) in [6.45, 7) is 6.13. The number of ether oxygens (including phenoxy) is 1. The minimum Gasteiger partial charge on any atom is -0.496 e. The third-order valence-electron chi connectivity index (χ3n) is 9.37. The van der Waals surface area contributed by atoms with E-state index in [1.807, 2.05) is 44.1 Å². The monoisotopic (exact) mass is 613 g/mol. The zero-order valence-corrected chi connectivity index (χ0v) is 28.3. The summed E-state index contributed by atoms with van der Waals surface area (Å²) in [4.78, 5) is 20.5. The molecule has 3 aromatic rings. The molecule has 5 nitrogen and oxygen atoms in total. The molecular weight excluding hydrogens is 563 g/mol. The van der Waals surface area contributed by atoms with Gasteiger partial charge in [-0.05, 0) is 105 Å². The van der Waals surface area contributed by atoms with Gasteiger partial charge < -0.3 is 9.64 Å². The first kappa shape index (κ1) is 33.7. The van der Waals surface area contributed by atoms with Crippen molar-refractivity contribution in [2.45, 2.75) is 110 Å².